The summed E-state index contributed by atoms with van der Waals surface area (Å²) in [5.41, 5.74) is 6.84. The molecule has 1 aliphatic rings. The zero-order chi connectivity index (χ0) is 33.2. The third kappa shape index (κ3) is 4.29. The minimum atomic E-state index is -3.80. The number of fused-ring (bicyclic) bond motifs is 7. The molecule has 0 spiro atoms. The third-order valence-electron chi connectivity index (χ3n) is 9.50. The summed E-state index contributed by atoms with van der Waals surface area (Å²) in [4.78, 5) is 15.4. The first-order valence-electron chi connectivity index (χ1n) is 16.5. The van der Waals surface area contributed by atoms with Crippen LogP contribution in [0.4, 0.5) is 11.4 Å². The molecule has 50 heavy (non-hydrogen) atoms. The molecule has 10 rings (SSSR count). The van der Waals surface area contributed by atoms with Crippen LogP contribution in [0.2, 0.25) is 0 Å². The van der Waals surface area contributed by atoms with Gasteiger partial charge in [0.1, 0.15) is 11.2 Å². The zero-order valence-corrected chi connectivity index (χ0v) is 27.5. The first-order chi connectivity index (χ1) is 24.7. The predicted octanol–water partition coefficient (Wildman–Crippen LogP) is 10.3. The highest BCUT2D eigenvalue weighted by Gasteiger charge is 2.45. The van der Waals surface area contributed by atoms with E-state index in [2.05, 4.69) is 30.3 Å². The van der Waals surface area contributed by atoms with Crippen LogP contribution in [0.3, 0.4) is 0 Å². The highest BCUT2D eigenvalue weighted by Crippen LogP contribution is 2.60. The second-order valence-electron chi connectivity index (χ2n) is 12.4. The Balaban J connectivity index is 1.29. The minimum absolute atomic E-state index is 0.209. The monoisotopic (exact) mass is 662 g/mol. The second kappa shape index (κ2) is 11.1. The van der Waals surface area contributed by atoms with E-state index in [1.54, 1.807) is 0 Å². The van der Waals surface area contributed by atoms with Crippen molar-refractivity contribution in [1.29, 1.82) is 0 Å². The van der Waals surface area contributed by atoms with E-state index >= 15 is 4.57 Å². The molecule has 9 aromatic rings. The fourth-order valence-electron chi connectivity index (χ4n) is 7.21. The van der Waals surface area contributed by atoms with E-state index < -0.39 is 7.29 Å². The van der Waals surface area contributed by atoms with Crippen molar-refractivity contribution >= 4 is 62.2 Å². The van der Waals surface area contributed by atoms with Gasteiger partial charge in [0.2, 0.25) is 5.57 Å². The van der Waals surface area contributed by atoms with Crippen molar-refractivity contribution in [2.45, 2.75) is 0 Å². The van der Waals surface area contributed by atoms with Crippen molar-refractivity contribution in [1.82, 2.24) is 15.0 Å². The smallest absolute Gasteiger partial charge is 0.270 e. The molecular weight excluding hydrogens is 635 g/mol. The Hall–Kier alpha value is -6.36. The molecule has 0 radical (unpaired) electrons. The van der Waals surface area contributed by atoms with Gasteiger partial charge in [-0.25, -0.2) is 15.0 Å². The average molecular weight is 663 g/mol. The molecule has 1 aliphatic heterocycles. The summed E-state index contributed by atoms with van der Waals surface area (Å²) < 4.78 is 24.7. The molecule has 0 amide bonds. The summed E-state index contributed by atoms with van der Waals surface area (Å²) in [5, 5.41) is 4.79. The Bertz CT molecular complexity index is 2820. The fourth-order valence-corrected chi connectivity index (χ4v) is 10.0. The van der Waals surface area contributed by atoms with Crippen molar-refractivity contribution in [3.05, 3.63) is 164 Å². The number of anilines is 2. The topological polar surface area (TPSA) is 72.1 Å². The van der Waals surface area contributed by atoms with E-state index in [0.717, 1.165) is 66.3 Å². The Morgan fingerprint density at radius 2 is 1.16 bits per heavy atom. The number of rotatable bonds is 4. The largest absolute Gasteiger partial charge is 0.456 e. The van der Waals surface area contributed by atoms with E-state index in [9.17, 15) is 0 Å². The van der Waals surface area contributed by atoms with Crippen LogP contribution in [0.15, 0.2) is 168 Å². The number of furan rings is 1. The van der Waals surface area contributed by atoms with Crippen LogP contribution in [0.1, 0.15) is 0 Å². The molecule has 3 heterocycles. The van der Waals surface area contributed by atoms with Gasteiger partial charge in [-0.1, -0.05) is 121 Å². The summed E-state index contributed by atoms with van der Waals surface area (Å²) in [6, 6.07) is 54.2. The van der Waals surface area contributed by atoms with Crippen molar-refractivity contribution in [3.8, 4) is 33.9 Å². The van der Waals surface area contributed by atoms with Gasteiger partial charge in [0.15, 0.2) is 11.6 Å². The van der Waals surface area contributed by atoms with Crippen LogP contribution < -0.4 is 15.5 Å². The summed E-state index contributed by atoms with van der Waals surface area (Å²) in [6.45, 7) is 0. The summed E-state index contributed by atoms with van der Waals surface area (Å²) in [6.07, 6.45) is 0. The Morgan fingerprint density at radius 3 is 2.06 bits per heavy atom. The lowest BCUT2D eigenvalue weighted by Crippen LogP contribution is -2.36. The van der Waals surface area contributed by atoms with E-state index in [1.165, 1.54) is 0 Å². The maximum Gasteiger partial charge on any atom is 0.270 e. The quantitative estimate of drug-likeness (QED) is 0.175. The lowest BCUT2D eigenvalue weighted by Gasteiger charge is -2.39. The standard InChI is InChI=1S/C43H27N4O2P/c48-50(40-24-11-8-20-35(40)32-18-6-9-22-37(32)47(50)30-15-2-1-3-16-30)43-45-41(29-25-26-34-33-19-7-10-23-38(33)49-39(34)27-29)44-42(46-43)36-21-12-14-28-13-4-5-17-31(28)36/h1-27H. The van der Waals surface area contributed by atoms with Gasteiger partial charge in [-0.15, -0.1) is 0 Å². The number of hydrogen-bond acceptors (Lipinski definition) is 5. The van der Waals surface area contributed by atoms with Crippen molar-refractivity contribution in [2.75, 3.05) is 4.67 Å². The van der Waals surface area contributed by atoms with E-state index in [1.807, 2.05) is 138 Å². The molecular formula is C43H27N4O2P. The summed E-state index contributed by atoms with van der Waals surface area (Å²) in [5.74, 6) is 0.867. The molecule has 0 saturated carbocycles. The van der Waals surface area contributed by atoms with Gasteiger partial charge in [-0.05, 0) is 58.8 Å². The van der Waals surface area contributed by atoms with Crippen molar-refractivity contribution in [3.63, 3.8) is 0 Å². The predicted molar refractivity (Wildman–Crippen MR) is 203 cm³/mol. The average Bonchev–Trinajstić information content (AvgIpc) is 3.56. The van der Waals surface area contributed by atoms with Crippen molar-refractivity contribution < 1.29 is 8.98 Å². The molecule has 0 aliphatic carbocycles. The second-order valence-corrected chi connectivity index (χ2v) is 14.8. The molecule has 0 fully saturated rings. The van der Waals surface area contributed by atoms with E-state index in [4.69, 9.17) is 19.4 Å². The number of aromatic nitrogens is 3. The van der Waals surface area contributed by atoms with Crippen LogP contribution in [0, 0.1) is 0 Å². The maximum atomic E-state index is 16.5. The van der Waals surface area contributed by atoms with Gasteiger partial charge in [0, 0.05) is 38.5 Å². The SMILES string of the molecule is O=P1(c2nc(-c3ccc4c(c3)oc3ccccc34)nc(-c3cccc4ccccc34)n2)c2ccccc2-c2ccccc2N1c1ccccc1. The molecule has 1 atom stereocenters. The normalized spacial score (nSPS) is 15.3. The van der Waals surface area contributed by atoms with Crippen LogP contribution in [0.25, 0.3) is 66.6 Å². The summed E-state index contributed by atoms with van der Waals surface area (Å²) >= 11 is 0. The Morgan fingerprint density at radius 1 is 0.500 bits per heavy atom. The van der Waals surface area contributed by atoms with Gasteiger partial charge < -0.3 is 4.42 Å². The number of para-hydroxylation sites is 3. The lowest BCUT2D eigenvalue weighted by molar-refractivity contribution is 0.585. The minimum Gasteiger partial charge on any atom is -0.456 e. The van der Waals surface area contributed by atoms with Gasteiger partial charge >= 0.3 is 0 Å². The number of nitrogens with zero attached hydrogens (tertiary/aromatic N) is 4. The van der Waals surface area contributed by atoms with Gasteiger partial charge in [0.05, 0.1) is 5.69 Å². The molecule has 0 saturated heterocycles. The van der Waals surface area contributed by atoms with Gasteiger partial charge in [-0.2, -0.15) is 0 Å². The van der Waals surface area contributed by atoms with Crippen molar-refractivity contribution in [2.24, 2.45) is 0 Å². The molecule has 236 valence electrons. The molecule has 7 aromatic carbocycles. The van der Waals surface area contributed by atoms with Gasteiger partial charge in [0.25, 0.3) is 7.29 Å². The molecule has 2 aromatic heterocycles. The highest BCUT2D eigenvalue weighted by molar-refractivity contribution is 7.80. The molecule has 1 unspecified atom stereocenters. The maximum absolute atomic E-state index is 16.5. The van der Waals surface area contributed by atoms with Crippen LogP contribution >= 0.6 is 7.29 Å². The number of benzene rings is 7. The molecule has 0 bridgehead atoms. The van der Waals surface area contributed by atoms with Crippen LogP contribution in [-0.4, -0.2) is 15.0 Å². The lowest BCUT2D eigenvalue weighted by atomic mass is 10.0. The van der Waals surface area contributed by atoms with Gasteiger partial charge in [-0.3, -0.25) is 9.24 Å². The fraction of sp³-hybridized carbons (Fsp3) is 0. The molecule has 0 N–H and O–H groups in total. The molecule has 6 nitrogen and oxygen atoms in total. The number of hydrogen-bond donors (Lipinski definition) is 0. The van der Waals surface area contributed by atoms with Crippen LogP contribution in [0.5, 0.6) is 0 Å². The van der Waals surface area contributed by atoms with Crippen LogP contribution in [-0.2, 0) is 4.57 Å². The first-order valence-corrected chi connectivity index (χ1v) is 18.1. The van der Waals surface area contributed by atoms with E-state index in [-0.39, 0.29) is 5.57 Å². The highest BCUT2D eigenvalue weighted by atomic mass is 31.2. The third-order valence-corrected chi connectivity index (χ3v) is 12.3. The van der Waals surface area contributed by atoms with E-state index in [0.29, 0.717) is 17.0 Å². The zero-order valence-electron chi connectivity index (χ0n) is 26.6. The first kappa shape index (κ1) is 28.6. The molecule has 7 heteroatoms. The summed E-state index contributed by atoms with van der Waals surface area (Å²) in [7, 11) is -3.80. The Labute approximate surface area is 287 Å². The Kier molecular flexibility index (Phi) is 6.35.